The van der Waals surface area contributed by atoms with Gasteiger partial charge in [-0.05, 0) is 30.7 Å². The molecule has 0 saturated carbocycles. The van der Waals surface area contributed by atoms with E-state index in [1.165, 1.54) is 5.56 Å². The molecule has 0 atom stereocenters. The van der Waals surface area contributed by atoms with Crippen LogP contribution in [0.5, 0.6) is 5.75 Å². The highest BCUT2D eigenvalue weighted by Crippen LogP contribution is 2.22. The van der Waals surface area contributed by atoms with Gasteiger partial charge in [0.05, 0.1) is 13.3 Å². The second-order valence-electron chi connectivity index (χ2n) is 4.56. The van der Waals surface area contributed by atoms with Gasteiger partial charge in [-0.25, -0.2) is 9.97 Å². The molecule has 5 nitrogen and oxygen atoms in total. The first-order valence-corrected chi connectivity index (χ1v) is 9.20. The van der Waals surface area contributed by atoms with Gasteiger partial charge in [0, 0.05) is 17.5 Å². The van der Waals surface area contributed by atoms with E-state index in [9.17, 15) is 0 Å². The fourth-order valence-electron chi connectivity index (χ4n) is 1.97. The van der Waals surface area contributed by atoms with Gasteiger partial charge in [0.2, 0.25) is 0 Å². The van der Waals surface area contributed by atoms with Crippen molar-refractivity contribution in [3.63, 3.8) is 0 Å². The number of thioether (sulfide) groups is 2. The molecule has 0 bridgehead atoms. The van der Waals surface area contributed by atoms with E-state index >= 15 is 0 Å². The van der Waals surface area contributed by atoms with Gasteiger partial charge in [-0.3, -0.25) is 4.98 Å². The number of nitrogens with two attached hydrogens (primary N) is 1. The zero-order valence-corrected chi connectivity index (χ0v) is 14.6. The standard InChI is InChI=1S/C15H20N4OS2/c1-4-10-7-11(17-9-12(10)20-2)5-6-22-15-18-13(16)8-14(19-15)21-3/h7-9H,4-6H2,1-3H3,(H2,16,18,19). The Morgan fingerprint density at radius 3 is 2.77 bits per heavy atom. The Hall–Kier alpha value is -1.47. The number of rotatable bonds is 7. The minimum Gasteiger partial charge on any atom is -0.495 e. The molecule has 0 fully saturated rings. The summed E-state index contributed by atoms with van der Waals surface area (Å²) in [6.45, 7) is 2.11. The van der Waals surface area contributed by atoms with Gasteiger partial charge in [0.15, 0.2) is 5.16 Å². The summed E-state index contributed by atoms with van der Waals surface area (Å²) in [6.07, 6.45) is 5.56. The van der Waals surface area contributed by atoms with Crippen LogP contribution in [-0.4, -0.2) is 34.1 Å². The first kappa shape index (κ1) is 16.9. The molecule has 0 aliphatic heterocycles. The molecule has 7 heteroatoms. The fourth-order valence-corrected chi connectivity index (χ4v) is 3.27. The van der Waals surface area contributed by atoms with E-state index in [4.69, 9.17) is 10.5 Å². The number of aromatic nitrogens is 3. The minimum absolute atomic E-state index is 0.512. The van der Waals surface area contributed by atoms with Crippen molar-refractivity contribution in [2.75, 3.05) is 24.9 Å². The van der Waals surface area contributed by atoms with Gasteiger partial charge in [0.1, 0.15) is 16.6 Å². The number of hydrogen-bond donors (Lipinski definition) is 1. The number of pyridine rings is 1. The van der Waals surface area contributed by atoms with Crippen LogP contribution in [0.1, 0.15) is 18.2 Å². The van der Waals surface area contributed by atoms with Gasteiger partial charge in [-0.2, -0.15) is 0 Å². The quantitative estimate of drug-likeness (QED) is 0.473. The van der Waals surface area contributed by atoms with Crippen LogP contribution >= 0.6 is 23.5 Å². The molecule has 0 amide bonds. The summed E-state index contributed by atoms with van der Waals surface area (Å²) in [7, 11) is 1.67. The van der Waals surface area contributed by atoms with Crippen molar-refractivity contribution in [1.29, 1.82) is 0 Å². The minimum atomic E-state index is 0.512. The van der Waals surface area contributed by atoms with Gasteiger partial charge in [-0.1, -0.05) is 18.7 Å². The lowest BCUT2D eigenvalue weighted by atomic mass is 10.1. The monoisotopic (exact) mass is 336 g/mol. The predicted molar refractivity (Wildman–Crippen MR) is 92.8 cm³/mol. The molecule has 2 heterocycles. The van der Waals surface area contributed by atoms with Gasteiger partial charge < -0.3 is 10.5 Å². The molecule has 2 aromatic rings. The number of hydrogen-bond acceptors (Lipinski definition) is 7. The van der Waals surface area contributed by atoms with E-state index in [2.05, 4.69) is 27.9 Å². The molecule has 22 heavy (non-hydrogen) atoms. The molecule has 0 aliphatic rings. The molecular formula is C15H20N4OS2. The summed E-state index contributed by atoms with van der Waals surface area (Å²) in [6, 6.07) is 3.89. The highest BCUT2D eigenvalue weighted by molar-refractivity contribution is 7.99. The Balaban J connectivity index is 1.97. The van der Waals surface area contributed by atoms with E-state index in [0.29, 0.717) is 11.0 Å². The van der Waals surface area contributed by atoms with Crippen LogP contribution in [-0.2, 0) is 12.8 Å². The number of methoxy groups -OCH3 is 1. The highest BCUT2D eigenvalue weighted by Gasteiger charge is 2.06. The SMILES string of the molecule is CCc1cc(CCSc2nc(N)cc(SC)n2)ncc1OC. The molecule has 0 spiro atoms. The van der Waals surface area contributed by atoms with E-state index in [-0.39, 0.29) is 0 Å². The molecule has 118 valence electrons. The molecule has 0 unspecified atom stereocenters. The zero-order valence-electron chi connectivity index (χ0n) is 13.0. The van der Waals surface area contributed by atoms with Crippen LogP contribution in [0.15, 0.2) is 28.5 Å². The van der Waals surface area contributed by atoms with Crippen molar-refractivity contribution in [2.24, 2.45) is 0 Å². The maximum absolute atomic E-state index is 5.78. The van der Waals surface area contributed by atoms with E-state index in [0.717, 1.165) is 35.1 Å². The van der Waals surface area contributed by atoms with Crippen molar-refractivity contribution in [3.05, 3.63) is 29.6 Å². The highest BCUT2D eigenvalue weighted by atomic mass is 32.2. The van der Waals surface area contributed by atoms with Gasteiger partial charge >= 0.3 is 0 Å². The largest absolute Gasteiger partial charge is 0.495 e. The van der Waals surface area contributed by atoms with Crippen LogP contribution < -0.4 is 10.5 Å². The Labute approximate surface area is 139 Å². The van der Waals surface area contributed by atoms with E-state index in [1.807, 2.05) is 6.26 Å². The lowest BCUT2D eigenvalue weighted by Gasteiger charge is -2.08. The number of nitrogens with zero attached hydrogens (tertiary/aromatic N) is 3. The number of anilines is 1. The van der Waals surface area contributed by atoms with E-state index in [1.54, 1.807) is 42.9 Å². The van der Waals surface area contributed by atoms with Crippen molar-refractivity contribution in [2.45, 2.75) is 29.9 Å². The molecule has 0 saturated heterocycles. The Bertz CT molecular complexity index is 637. The van der Waals surface area contributed by atoms with Crippen molar-refractivity contribution in [3.8, 4) is 5.75 Å². The lowest BCUT2D eigenvalue weighted by Crippen LogP contribution is -2.00. The maximum atomic E-state index is 5.78. The second kappa shape index (κ2) is 8.24. The molecule has 2 aromatic heterocycles. The van der Waals surface area contributed by atoms with Crippen LogP contribution in [0.3, 0.4) is 0 Å². The van der Waals surface area contributed by atoms with Crippen LogP contribution in [0.2, 0.25) is 0 Å². The zero-order chi connectivity index (χ0) is 15.9. The second-order valence-corrected chi connectivity index (χ2v) is 6.45. The summed E-state index contributed by atoms with van der Waals surface area (Å²) in [5, 5.41) is 1.61. The Kier molecular flexibility index (Phi) is 6.33. The molecule has 0 aliphatic carbocycles. The Morgan fingerprint density at radius 1 is 1.27 bits per heavy atom. The molecular weight excluding hydrogens is 316 g/mol. The summed E-state index contributed by atoms with van der Waals surface area (Å²) >= 11 is 3.16. The van der Waals surface area contributed by atoms with Gasteiger partial charge in [-0.15, -0.1) is 11.8 Å². The lowest BCUT2D eigenvalue weighted by molar-refractivity contribution is 0.408. The van der Waals surface area contributed by atoms with Crippen LogP contribution in [0.4, 0.5) is 5.82 Å². The predicted octanol–water partition coefficient (Wildman–Crippen LogP) is 3.08. The topological polar surface area (TPSA) is 73.9 Å². The summed E-state index contributed by atoms with van der Waals surface area (Å²) in [5.74, 6) is 2.22. The smallest absolute Gasteiger partial charge is 0.190 e. The first-order chi connectivity index (χ1) is 10.7. The average molecular weight is 336 g/mol. The van der Waals surface area contributed by atoms with Crippen LogP contribution in [0, 0.1) is 0 Å². The Morgan fingerprint density at radius 2 is 2.09 bits per heavy atom. The molecule has 0 radical (unpaired) electrons. The van der Waals surface area contributed by atoms with E-state index < -0.39 is 0 Å². The van der Waals surface area contributed by atoms with Crippen molar-refractivity contribution in [1.82, 2.24) is 15.0 Å². The third kappa shape index (κ3) is 4.51. The molecule has 2 rings (SSSR count). The average Bonchev–Trinajstić information content (AvgIpc) is 2.54. The molecule has 0 aromatic carbocycles. The normalized spacial score (nSPS) is 10.7. The summed E-state index contributed by atoms with van der Waals surface area (Å²) in [5.41, 5.74) is 8.02. The van der Waals surface area contributed by atoms with Gasteiger partial charge in [0.25, 0.3) is 0 Å². The number of nitrogen functional groups attached to an aromatic ring is 1. The summed E-state index contributed by atoms with van der Waals surface area (Å²) in [4.78, 5) is 13.1. The molecule has 2 N–H and O–H groups in total. The third-order valence-corrected chi connectivity index (χ3v) is 4.58. The third-order valence-electron chi connectivity index (χ3n) is 3.11. The first-order valence-electron chi connectivity index (χ1n) is 6.99. The summed E-state index contributed by atoms with van der Waals surface area (Å²) < 4.78 is 5.30. The maximum Gasteiger partial charge on any atom is 0.190 e. The number of ether oxygens (including phenoxy) is 1. The number of aryl methyl sites for hydroxylation is 2. The van der Waals surface area contributed by atoms with Crippen LogP contribution in [0.25, 0.3) is 0 Å². The van der Waals surface area contributed by atoms with Crippen molar-refractivity contribution < 1.29 is 4.74 Å². The van der Waals surface area contributed by atoms with Crippen molar-refractivity contribution >= 4 is 29.3 Å². The fraction of sp³-hybridized carbons (Fsp3) is 0.400.